The van der Waals surface area contributed by atoms with E-state index in [4.69, 9.17) is 4.74 Å². The summed E-state index contributed by atoms with van der Waals surface area (Å²) in [6.45, 7) is 1.11. The van der Waals surface area contributed by atoms with Crippen LogP contribution in [0.4, 0.5) is 13.2 Å². The first-order chi connectivity index (χ1) is 8.94. The summed E-state index contributed by atoms with van der Waals surface area (Å²) in [5, 5.41) is 4.22. The molecule has 1 aliphatic carbocycles. The molecular weight excluding hydrogens is 275 g/mol. The molecule has 1 aliphatic heterocycles. The zero-order chi connectivity index (χ0) is 13.9. The van der Waals surface area contributed by atoms with Crippen molar-refractivity contribution in [1.82, 2.24) is 5.32 Å². The van der Waals surface area contributed by atoms with Crippen LogP contribution in [0.2, 0.25) is 0 Å². The zero-order valence-corrected chi connectivity index (χ0v) is 12.0. The average Bonchev–Trinajstić information content (AvgIpc) is 2.72. The number of hydrogen-bond acceptors (Lipinski definition) is 3. The molecule has 0 aromatic rings. The molecule has 0 bridgehead atoms. The van der Waals surface area contributed by atoms with Crippen LogP contribution in [0, 0.1) is 0 Å². The molecule has 4 unspecified atom stereocenters. The van der Waals surface area contributed by atoms with Gasteiger partial charge < -0.3 is 10.1 Å². The van der Waals surface area contributed by atoms with Crippen LogP contribution in [0.25, 0.3) is 0 Å². The average molecular weight is 297 g/mol. The van der Waals surface area contributed by atoms with Gasteiger partial charge in [-0.05, 0) is 37.9 Å². The standard InChI is InChI=1S/C13H22F3NOS/c1-9-12(5-6-19-9)17-10-3-2-4-11(7-10)18-8-13(14,15)16/h9-12,17H,2-8H2,1H3. The van der Waals surface area contributed by atoms with Crippen LogP contribution in [0.3, 0.4) is 0 Å². The molecule has 6 heteroatoms. The smallest absolute Gasteiger partial charge is 0.369 e. The summed E-state index contributed by atoms with van der Waals surface area (Å²) in [6.07, 6.45) is 0.187. The first-order valence-electron chi connectivity index (χ1n) is 7.00. The monoisotopic (exact) mass is 297 g/mol. The summed E-state index contributed by atoms with van der Waals surface area (Å²) in [5.74, 6) is 1.18. The molecule has 0 aromatic carbocycles. The van der Waals surface area contributed by atoms with Crippen molar-refractivity contribution in [2.75, 3.05) is 12.4 Å². The maximum atomic E-state index is 12.1. The van der Waals surface area contributed by atoms with Gasteiger partial charge in [-0.2, -0.15) is 24.9 Å². The summed E-state index contributed by atoms with van der Waals surface area (Å²) in [5.41, 5.74) is 0. The van der Waals surface area contributed by atoms with Crippen molar-refractivity contribution < 1.29 is 17.9 Å². The van der Waals surface area contributed by atoms with E-state index >= 15 is 0 Å². The lowest BCUT2D eigenvalue weighted by Gasteiger charge is -2.32. The molecule has 2 nitrogen and oxygen atoms in total. The van der Waals surface area contributed by atoms with E-state index in [1.54, 1.807) is 0 Å². The van der Waals surface area contributed by atoms with Gasteiger partial charge in [0.05, 0.1) is 6.10 Å². The lowest BCUT2D eigenvalue weighted by Crippen LogP contribution is -2.45. The molecule has 0 radical (unpaired) electrons. The second-order valence-corrected chi connectivity index (χ2v) is 7.03. The number of hydrogen-bond donors (Lipinski definition) is 1. The summed E-state index contributed by atoms with van der Waals surface area (Å²) < 4.78 is 41.4. The number of alkyl halides is 3. The minimum Gasteiger partial charge on any atom is -0.369 e. The third-order valence-electron chi connectivity index (χ3n) is 3.93. The minimum atomic E-state index is -4.21. The molecule has 2 aliphatic rings. The fourth-order valence-electron chi connectivity index (χ4n) is 2.91. The van der Waals surface area contributed by atoms with Crippen LogP contribution in [-0.2, 0) is 4.74 Å². The Kier molecular flexibility index (Phi) is 5.43. The molecule has 112 valence electrons. The summed E-state index contributed by atoms with van der Waals surface area (Å²) in [4.78, 5) is 0. The van der Waals surface area contributed by atoms with Crippen LogP contribution >= 0.6 is 11.8 Å². The van der Waals surface area contributed by atoms with Crippen molar-refractivity contribution in [3.8, 4) is 0 Å². The van der Waals surface area contributed by atoms with Crippen LogP contribution in [0.1, 0.15) is 39.0 Å². The molecule has 2 fully saturated rings. The maximum absolute atomic E-state index is 12.1. The lowest BCUT2D eigenvalue weighted by atomic mass is 9.92. The molecule has 1 heterocycles. The van der Waals surface area contributed by atoms with Gasteiger partial charge in [-0.1, -0.05) is 6.92 Å². The Hall–Kier alpha value is 0.0600. The van der Waals surface area contributed by atoms with E-state index in [0.717, 1.165) is 25.7 Å². The first kappa shape index (κ1) is 15.4. The van der Waals surface area contributed by atoms with Crippen molar-refractivity contribution in [3.63, 3.8) is 0 Å². The van der Waals surface area contributed by atoms with Crippen LogP contribution < -0.4 is 5.32 Å². The zero-order valence-electron chi connectivity index (χ0n) is 11.2. The van der Waals surface area contributed by atoms with E-state index in [-0.39, 0.29) is 6.10 Å². The van der Waals surface area contributed by atoms with Gasteiger partial charge >= 0.3 is 6.18 Å². The molecule has 0 aromatic heterocycles. The molecule has 19 heavy (non-hydrogen) atoms. The summed E-state index contributed by atoms with van der Waals surface area (Å²) in [6, 6.07) is 0.828. The van der Waals surface area contributed by atoms with Gasteiger partial charge in [-0.15, -0.1) is 0 Å². The van der Waals surface area contributed by atoms with Crippen molar-refractivity contribution in [2.24, 2.45) is 0 Å². The van der Waals surface area contributed by atoms with Gasteiger partial charge in [0.2, 0.25) is 0 Å². The Labute approximate surface area is 116 Å². The number of nitrogens with one attached hydrogen (secondary N) is 1. The van der Waals surface area contributed by atoms with Gasteiger partial charge in [-0.3, -0.25) is 0 Å². The molecule has 1 N–H and O–H groups in total. The van der Waals surface area contributed by atoms with Crippen LogP contribution in [0.5, 0.6) is 0 Å². The molecular formula is C13H22F3NOS. The molecule has 4 atom stereocenters. The van der Waals surface area contributed by atoms with Crippen molar-refractivity contribution in [2.45, 2.75) is 68.6 Å². The van der Waals surface area contributed by atoms with Gasteiger partial charge in [0.25, 0.3) is 0 Å². The SMILES string of the molecule is CC1SCCC1NC1CCCC(OCC(F)(F)F)C1. The lowest BCUT2D eigenvalue weighted by molar-refractivity contribution is -0.188. The molecule has 0 amide bonds. The maximum Gasteiger partial charge on any atom is 0.411 e. The van der Waals surface area contributed by atoms with Gasteiger partial charge in [-0.25, -0.2) is 0 Å². The largest absolute Gasteiger partial charge is 0.411 e. The Morgan fingerprint density at radius 2 is 2.05 bits per heavy atom. The highest BCUT2D eigenvalue weighted by Gasteiger charge is 2.32. The second-order valence-electron chi connectivity index (χ2n) is 5.55. The van der Waals surface area contributed by atoms with Crippen LogP contribution in [-0.4, -0.2) is 42.0 Å². The van der Waals surface area contributed by atoms with Crippen molar-refractivity contribution >= 4 is 11.8 Å². The first-order valence-corrected chi connectivity index (χ1v) is 8.05. The Morgan fingerprint density at radius 3 is 2.68 bits per heavy atom. The van der Waals surface area contributed by atoms with E-state index < -0.39 is 12.8 Å². The van der Waals surface area contributed by atoms with E-state index in [2.05, 4.69) is 12.2 Å². The summed E-state index contributed by atoms with van der Waals surface area (Å²) >= 11 is 1.97. The number of halogens is 3. The highest BCUT2D eigenvalue weighted by Crippen LogP contribution is 2.29. The number of thioether (sulfide) groups is 1. The van der Waals surface area contributed by atoms with E-state index in [0.29, 0.717) is 23.8 Å². The molecule has 1 saturated heterocycles. The Morgan fingerprint density at radius 1 is 1.26 bits per heavy atom. The predicted octanol–water partition coefficient (Wildman–Crippen LogP) is 3.36. The molecule has 2 rings (SSSR count). The van der Waals surface area contributed by atoms with Crippen LogP contribution in [0.15, 0.2) is 0 Å². The molecule has 1 saturated carbocycles. The summed E-state index contributed by atoms with van der Waals surface area (Å²) in [7, 11) is 0. The van der Waals surface area contributed by atoms with Gasteiger partial charge in [0.1, 0.15) is 6.61 Å². The third kappa shape index (κ3) is 5.16. The Bertz CT molecular complexity index is 288. The fraction of sp³-hybridized carbons (Fsp3) is 1.00. The van der Waals surface area contributed by atoms with Crippen molar-refractivity contribution in [3.05, 3.63) is 0 Å². The number of ether oxygens (including phenoxy) is 1. The van der Waals surface area contributed by atoms with E-state index in [9.17, 15) is 13.2 Å². The normalized spacial score (nSPS) is 36.6. The predicted molar refractivity (Wildman–Crippen MR) is 71.5 cm³/mol. The van der Waals surface area contributed by atoms with E-state index in [1.807, 2.05) is 11.8 Å². The highest BCUT2D eigenvalue weighted by molar-refractivity contribution is 8.00. The minimum absolute atomic E-state index is 0.239. The molecule has 0 spiro atoms. The topological polar surface area (TPSA) is 21.3 Å². The highest BCUT2D eigenvalue weighted by atomic mass is 32.2. The fourth-order valence-corrected chi connectivity index (χ4v) is 4.12. The van der Waals surface area contributed by atoms with E-state index in [1.165, 1.54) is 5.75 Å². The van der Waals surface area contributed by atoms with Gasteiger partial charge in [0, 0.05) is 17.3 Å². The third-order valence-corrected chi connectivity index (χ3v) is 5.26. The quantitative estimate of drug-likeness (QED) is 0.860. The van der Waals surface area contributed by atoms with Gasteiger partial charge in [0.15, 0.2) is 0 Å². The van der Waals surface area contributed by atoms with Crippen molar-refractivity contribution in [1.29, 1.82) is 0 Å². The second kappa shape index (κ2) is 6.68. The Balaban J connectivity index is 1.74. The number of rotatable bonds is 4.